The second kappa shape index (κ2) is 7.65. The second-order valence-corrected chi connectivity index (χ2v) is 7.02. The summed E-state index contributed by atoms with van der Waals surface area (Å²) in [7, 11) is 0. The molecule has 2 fully saturated rings. The van der Waals surface area contributed by atoms with Crippen LogP contribution in [0, 0.1) is 5.41 Å². The Labute approximate surface area is 146 Å². The molecule has 1 aromatic carbocycles. The van der Waals surface area contributed by atoms with Crippen molar-refractivity contribution in [2.24, 2.45) is 5.41 Å². The maximum Gasteiger partial charge on any atom is 0.139 e. The predicted octanol–water partition coefficient (Wildman–Crippen LogP) is 4.46. The minimum atomic E-state index is 0. The van der Waals surface area contributed by atoms with Crippen molar-refractivity contribution in [1.82, 2.24) is 0 Å². The van der Waals surface area contributed by atoms with E-state index >= 15 is 0 Å². The van der Waals surface area contributed by atoms with Crippen molar-refractivity contribution in [3.05, 3.63) is 18.2 Å². The number of halogens is 2. The third kappa shape index (κ3) is 4.14. The molecule has 2 saturated heterocycles. The van der Waals surface area contributed by atoms with Gasteiger partial charge in [0.05, 0.1) is 5.69 Å². The fourth-order valence-electron chi connectivity index (χ4n) is 3.29. The Morgan fingerprint density at radius 3 is 2.09 bits per heavy atom. The minimum absolute atomic E-state index is 0. The fraction of sp³-hybridized carbons (Fsp3) is 0.647. The summed E-state index contributed by atoms with van der Waals surface area (Å²) in [5, 5.41) is 10.2. The maximum atomic E-state index is 10.2. The molecule has 0 unspecified atom stereocenters. The lowest BCUT2D eigenvalue weighted by molar-refractivity contribution is 0.279. The highest BCUT2D eigenvalue weighted by Crippen LogP contribution is 2.38. The minimum Gasteiger partial charge on any atom is -0.506 e. The molecule has 22 heavy (non-hydrogen) atoms. The van der Waals surface area contributed by atoms with Crippen LogP contribution in [0.15, 0.2) is 18.2 Å². The Bertz CT molecular complexity index is 478. The SMILES string of the molecule is CC1(C)CCN(c2cc(N3CCCC3)ccc2O)CC1.Cl.Cl. The second-order valence-electron chi connectivity index (χ2n) is 7.02. The number of phenolic OH excluding ortho intramolecular Hbond substituents is 1. The van der Waals surface area contributed by atoms with E-state index in [-0.39, 0.29) is 24.8 Å². The van der Waals surface area contributed by atoms with E-state index in [0.29, 0.717) is 11.2 Å². The zero-order valence-electron chi connectivity index (χ0n) is 13.5. The number of phenols is 1. The van der Waals surface area contributed by atoms with Gasteiger partial charge in [0.15, 0.2) is 0 Å². The first kappa shape index (κ1) is 19.2. The molecule has 1 aromatic rings. The Hall–Kier alpha value is -0.800. The van der Waals surface area contributed by atoms with Crippen LogP contribution in [0.2, 0.25) is 0 Å². The van der Waals surface area contributed by atoms with E-state index in [1.165, 1.54) is 31.4 Å². The normalized spacial score (nSPS) is 20.3. The number of aromatic hydroxyl groups is 1. The van der Waals surface area contributed by atoms with E-state index in [1.807, 2.05) is 6.07 Å². The van der Waals surface area contributed by atoms with Crippen molar-refractivity contribution < 1.29 is 5.11 Å². The standard InChI is InChI=1S/C17H26N2O.2ClH/c1-17(2)7-11-19(12-8-17)15-13-14(5-6-16(15)20)18-9-3-4-10-18;;/h5-6,13,20H,3-4,7-12H2,1-2H3;2*1H. The molecule has 3 rings (SSSR count). The van der Waals surface area contributed by atoms with Crippen molar-refractivity contribution in [1.29, 1.82) is 0 Å². The number of hydrogen-bond acceptors (Lipinski definition) is 3. The molecular weight excluding hydrogens is 319 g/mol. The average Bonchev–Trinajstić information content (AvgIpc) is 2.94. The topological polar surface area (TPSA) is 26.7 Å². The summed E-state index contributed by atoms with van der Waals surface area (Å²) in [4.78, 5) is 4.77. The molecule has 0 aliphatic carbocycles. The van der Waals surface area contributed by atoms with E-state index in [1.54, 1.807) is 0 Å². The van der Waals surface area contributed by atoms with Crippen LogP contribution in [0.3, 0.4) is 0 Å². The van der Waals surface area contributed by atoms with Crippen LogP contribution in [0.5, 0.6) is 5.75 Å². The highest BCUT2D eigenvalue weighted by Gasteiger charge is 2.27. The van der Waals surface area contributed by atoms with Crippen LogP contribution in [-0.2, 0) is 0 Å². The molecule has 0 amide bonds. The summed E-state index contributed by atoms with van der Waals surface area (Å²) < 4.78 is 0. The Kier molecular flexibility index (Phi) is 6.69. The number of rotatable bonds is 2. The van der Waals surface area contributed by atoms with Gasteiger partial charge in [0.25, 0.3) is 0 Å². The van der Waals surface area contributed by atoms with Gasteiger partial charge in [-0.15, -0.1) is 24.8 Å². The molecule has 1 N–H and O–H groups in total. The summed E-state index contributed by atoms with van der Waals surface area (Å²) >= 11 is 0. The number of hydrogen-bond donors (Lipinski definition) is 1. The summed E-state index contributed by atoms with van der Waals surface area (Å²) in [6.45, 7) is 9.07. The molecule has 0 aromatic heterocycles. The Balaban J connectivity index is 0.00000121. The van der Waals surface area contributed by atoms with Crippen LogP contribution in [0.1, 0.15) is 39.5 Å². The molecule has 0 spiro atoms. The number of benzene rings is 1. The summed E-state index contributed by atoms with van der Waals surface area (Å²) in [6, 6.07) is 6.10. The highest BCUT2D eigenvalue weighted by molar-refractivity contribution is 5.85. The van der Waals surface area contributed by atoms with Gasteiger partial charge in [0.2, 0.25) is 0 Å². The summed E-state index contributed by atoms with van der Waals surface area (Å²) in [5.41, 5.74) is 2.73. The third-order valence-corrected chi connectivity index (χ3v) is 4.89. The van der Waals surface area contributed by atoms with Gasteiger partial charge in [-0.1, -0.05) is 13.8 Å². The molecule has 2 aliphatic heterocycles. The lowest BCUT2D eigenvalue weighted by Crippen LogP contribution is -2.37. The molecule has 0 radical (unpaired) electrons. The van der Waals surface area contributed by atoms with Gasteiger partial charge in [-0.3, -0.25) is 0 Å². The third-order valence-electron chi connectivity index (χ3n) is 4.89. The molecule has 0 saturated carbocycles. The van der Waals surface area contributed by atoms with Crippen molar-refractivity contribution in [2.45, 2.75) is 39.5 Å². The lowest BCUT2D eigenvalue weighted by atomic mass is 9.82. The van der Waals surface area contributed by atoms with Crippen molar-refractivity contribution >= 4 is 36.2 Å². The van der Waals surface area contributed by atoms with Crippen LogP contribution in [0.4, 0.5) is 11.4 Å². The Morgan fingerprint density at radius 1 is 0.909 bits per heavy atom. The molecular formula is C17H28Cl2N2O. The van der Waals surface area contributed by atoms with E-state index in [9.17, 15) is 5.11 Å². The molecule has 5 heteroatoms. The van der Waals surface area contributed by atoms with Gasteiger partial charge in [-0.25, -0.2) is 0 Å². The van der Waals surface area contributed by atoms with Crippen molar-refractivity contribution in [2.75, 3.05) is 36.0 Å². The zero-order valence-corrected chi connectivity index (χ0v) is 15.2. The van der Waals surface area contributed by atoms with Gasteiger partial charge >= 0.3 is 0 Å². The quantitative estimate of drug-likeness (QED) is 0.856. The van der Waals surface area contributed by atoms with Gasteiger partial charge in [-0.05, 0) is 49.3 Å². The summed E-state index contributed by atoms with van der Waals surface area (Å²) in [6.07, 6.45) is 4.96. The fourth-order valence-corrected chi connectivity index (χ4v) is 3.29. The van der Waals surface area contributed by atoms with Gasteiger partial charge < -0.3 is 14.9 Å². The lowest BCUT2D eigenvalue weighted by Gasteiger charge is -2.38. The van der Waals surface area contributed by atoms with Crippen molar-refractivity contribution in [3.8, 4) is 5.75 Å². The number of piperidine rings is 1. The zero-order chi connectivity index (χ0) is 14.2. The van der Waals surface area contributed by atoms with Gasteiger partial charge in [0.1, 0.15) is 5.75 Å². The van der Waals surface area contributed by atoms with Crippen LogP contribution >= 0.6 is 24.8 Å². The molecule has 126 valence electrons. The molecule has 2 aliphatic rings. The van der Waals surface area contributed by atoms with Gasteiger partial charge in [-0.2, -0.15) is 0 Å². The molecule has 0 bridgehead atoms. The van der Waals surface area contributed by atoms with Crippen LogP contribution < -0.4 is 9.80 Å². The van der Waals surface area contributed by atoms with E-state index in [0.717, 1.165) is 31.9 Å². The molecule has 2 heterocycles. The summed E-state index contributed by atoms with van der Waals surface area (Å²) in [5.74, 6) is 0.424. The number of nitrogens with zero attached hydrogens (tertiary/aromatic N) is 2. The molecule has 0 atom stereocenters. The Morgan fingerprint density at radius 2 is 1.50 bits per heavy atom. The van der Waals surface area contributed by atoms with E-state index in [2.05, 4.69) is 35.8 Å². The van der Waals surface area contributed by atoms with Crippen LogP contribution in [0.25, 0.3) is 0 Å². The first-order valence-corrected chi connectivity index (χ1v) is 7.88. The molecule has 3 nitrogen and oxygen atoms in total. The van der Waals surface area contributed by atoms with E-state index in [4.69, 9.17) is 0 Å². The van der Waals surface area contributed by atoms with Gasteiger partial charge in [0, 0.05) is 31.9 Å². The number of anilines is 2. The average molecular weight is 347 g/mol. The van der Waals surface area contributed by atoms with E-state index < -0.39 is 0 Å². The first-order chi connectivity index (χ1) is 9.55. The first-order valence-electron chi connectivity index (χ1n) is 7.88. The maximum absolute atomic E-state index is 10.2. The monoisotopic (exact) mass is 346 g/mol. The predicted molar refractivity (Wildman–Crippen MR) is 99.3 cm³/mol. The smallest absolute Gasteiger partial charge is 0.139 e. The van der Waals surface area contributed by atoms with Crippen molar-refractivity contribution in [3.63, 3.8) is 0 Å². The van der Waals surface area contributed by atoms with Crippen LogP contribution in [-0.4, -0.2) is 31.3 Å². The highest BCUT2D eigenvalue weighted by atomic mass is 35.5. The largest absolute Gasteiger partial charge is 0.506 e.